The first-order valence-electron chi connectivity index (χ1n) is 5.80. The summed E-state index contributed by atoms with van der Waals surface area (Å²) in [6.07, 6.45) is -0.472. The van der Waals surface area contributed by atoms with Crippen LogP contribution < -0.4 is 10.0 Å². The minimum Gasteiger partial charge on any atom is -0.481 e. The number of aryl methyl sites for hydroxylation is 1. The molecule has 0 saturated carbocycles. The number of carbonyl (C=O) groups is 2. The number of sulfonamides is 1. The average molecular weight is 300 g/mol. The average Bonchev–Trinajstić information content (AvgIpc) is 2.30. The minimum atomic E-state index is -3.74. The van der Waals surface area contributed by atoms with Gasteiger partial charge in [0.15, 0.2) is 0 Å². The Morgan fingerprint density at radius 1 is 1.30 bits per heavy atom. The maximum Gasteiger partial charge on any atom is 0.304 e. The molecular formula is C12H16N2O5S. The SMILES string of the molecule is CC(=O)Nc1ccc(C)c(NS(=O)(=O)CCC(=O)O)c1. The van der Waals surface area contributed by atoms with E-state index in [4.69, 9.17) is 5.11 Å². The summed E-state index contributed by atoms with van der Waals surface area (Å²) >= 11 is 0. The van der Waals surface area contributed by atoms with E-state index in [0.29, 0.717) is 16.9 Å². The van der Waals surface area contributed by atoms with Crippen molar-refractivity contribution in [3.63, 3.8) is 0 Å². The van der Waals surface area contributed by atoms with Gasteiger partial charge in [-0.05, 0) is 24.6 Å². The molecule has 110 valence electrons. The maximum atomic E-state index is 11.7. The summed E-state index contributed by atoms with van der Waals surface area (Å²) in [7, 11) is -3.74. The van der Waals surface area contributed by atoms with Gasteiger partial charge in [0.05, 0.1) is 17.9 Å². The van der Waals surface area contributed by atoms with Crippen LogP contribution in [0.2, 0.25) is 0 Å². The molecule has 7 nitrogen and oxygen atoms in total. The third-order valence-corrected chi connectivity index (χ3v) is 3.68. The Kier molecular flexibility index (Phi) is 5.09. The Balaban J connectivity index is 2.90. The van der Waals surface area contributed by atoms with Crippen molar-refractivity contribution in [2.75, 3.05) is 15.8 Å². The van der Waals surface area contributed by atoms with Gasteiger partial charge in [-0.25, -0.2) is 8.42 Å². The lowest BCUT2D eigenvalue weighted by Crippen LogP contribution is -2.19. The van der Waals surface area contributed by atoms with E-state index in [2.05, 4.69) is 10.0 Å². The number of nitrogens with one attached hydrogen (secondary N) is 2. The summed E-state index contributed by atoms with van der Waals surface area (Å²) in [5.41, 5.74) is 1.43. The van der Waals surface area contributed by atoms with Gasteiger partial charge in [0, 0.05) is 12.6 Å². The summed E-state index contributed by atoms with van der Waals surface area (Å²) in [5, 5.41) is 11.0. The summed E-state index contributed by atoms with van der Waals surface area (Å²) in [6.45, 7) is 3.04. The monoisotopic (exact) mass is 300 g/mol. The van der Waals surface area contributed by atoms with E-state index < -0.39 is 28.2 Å². The van der Waals surface area contributed by atoms with Crippen molar-refractivity contribution in [1.29, 1.82) is 0 Å². The Morgan fingerprint density at radius 3 is 2.50 bits per heavy atom. The van der Waals surface area contributed by atoms with E-state index in [9.17, 15) is 18.0 Å². The van der Waals surface area contributed by atoms with Crippen LogP contribution in [0.4, 0.5) is 11.4 Å². The normalized spacial score (nSPS) is 10.9. The van der Waals surface area contributed by atoms with Gasteiger partial charge in [0.2, 0.25) is 15.9 Å². The smallest absolute Gasteiger partial charge is 0.304 e. The van der Waals surface area contributed by atoms with E-state index in [-0.39, 0.29) is 5.91 Å². The second-order valence-electron chi connectivity index (χ2n) is 4.28. The zero-order chi connectivity index (χ0) is 15.3. The molecule has 0 aliphatic heterocycles. The first-order chi connectivity index (χ1) is 9.19. The van der Waals surface area contributed by atoms with Crippen LogP contribution in [0.25, 0.3) is 0 Å². The van der Waals surface area contributed by atoms with Crippen LogP contribution in [0.3, 0.4) is 0 Å². The lowest BCUT2D eigenvalue weighted by molar-refractivity contribution is -0.136. The number of carboxylic acids is 1. The second kappa shape index (κ2) is 6.38. The standard InChI is InChI=1S/C12H16N2O5S/c1-8-3-4-10(13-9(2)15)7-11(8)14-20(18,19)6-5-12(16)17/h3-4,7,14H,5-6H2,1-2H3,(H,13,15)(H,16,17). The Morgan fingerprint density at radius 2 is 1.95 bits per heavy atom. The van der Waals surface area contributed by atoms with Crippen molar-refractivity contribution >= 4 is 33.3 Å². The first kappa shape index (κ1) is 16.0. The fourth-order valence-corrected chi connectivity index (χ4v) is 2.55. The molecule has 0 bridgehead atoms. The number of anilines is 2. The van der Waals surface area contributed by atoms with Crippen molar-refractivity contribution in [3.8, 4) is 0 Å². The lowest BCUT2D eigenvalue weighted by Gasteiger charge is -2.12. The van der Waals surface area contributed by atoms with E-state index >= 15 is 0 Å². The number of carboxylic acid groups (broad SMARTS) is 1. The highest BCUT2D eigenvalue weighted by atomic mass is 32.2. The van der Waals surface area contributed by atoms with Crippen molar-refractivity contribution in [2.45, 2.75) is 20.3 Å². The van der Waals surface area contributed by atoms with Gasteiger partial charge in [-0.3, -0.25) is 14.3 Å². The van der Waals surface area contributed by atoms with Crippen LogP contribution >= 0.6 is 0 Å². The topological polar surface area (TPSA) is 113 Å². The number of hydrogen-bond donors (Lipinski definition) is 3. The van der Waals surface area contributed by atoms with Crippen LogP contribution in [-0.2, 0) is 19.6 Å². The zero-order valence-electron chi connectivity index (χ0n) is 11.1. The fraction of sp³-hybridized carbons (Fsp3) is 0.333. The molecule has 0 aromatic heterocycles. The fourth-order valence-electron chi connectivity index (χ4n) is 1.45. The molecule has 0 aliphatic carbocycles. The molecule has 0 heterocycles. The number of hydrogen-bond acceptors (Lipinski definition) is 4. The van der Waals surface area contributed by atoms with Gasteiger partial charge >= 0.3 is 5.97 Å². The molecule has 1 amide bonds. The molecule has 3 N–H and O–H groups in total. The molecule has 1 rings (SSSR count). The molecule has 1 aromatic rings. The van der Waals surface area contributed by atoms with Crippen LogP contribution in [0, 0.1) is 6.92 Å². The Labute approximate surface area is 117 Å². The first-order valence-corrected chi connectivity index (χ1v) is 7.45. The molecule has 0 unspecified atom stereocenters. The quantitative estimate of drug-likeness (QED) is 0.730. The van der Waals surface area contributed by atoms with Crippen molar-refractivity contribution in [2.24, 2.45) is 0 Å². The van der Waals surface area contributed by atoms with Gasteiger partial charge in [0.25, 0.3) is 0 Å². The maximum absolute atomic E-state index is 11.7. The molecule has 20 heavy (non-hydrogen) atoms. The summed E-state index contributed by atoms with van der Waals surface area (Å²) in [5.74, 6) is -1.96. The second-order valence-corrected chi connectivity index (χ2v) is 6.12. The van der Waals surface area contributed by atoms with Gasteiger partial charge in [-0.15, -0.1) is 0 Å². The van der Waals surface area contributed by atoms with Gasteiger partial charge in [-0.2, -0.15) is 0 Å². The molecule has 0 fully saturated rings. The van der Waals surface area contributed by atoms with Gasteiger partial charge in [-0.1, -0.05) is 6.07 Å². The number of amides is 1. The molecule has 0 atom stereocenters. The van der Waals surface area contributed by atoms with Crippen LogP contribution in [-0.4, -0.2) is 31.2 Å². The minimum absolute atomic E-state index is 0.270. The molecule has 0 saturated heterocycles. The highest BCUT2D eigenvalue weighted by Gasteiger charge is 2.14. The highest BCUT2D eigenvalue weighted by Crippen LogP contribution is 2.21. The lowest BCUT2D eigenvalue weighted by atomic mass is 10.2. The molecular weight excluding hydrogens is 284 g/mol. The van der Waals surface area contributed by atoms with Gasteiger partial charge in [0.1, 0.15) is 0 Å². The third kappa shape index (κ3) is 5.27. The van der Waals surface area contributed by atoms with Crippen LogP contribution in [0.15, 0.2) is 18.2 Å². The highest BCUT2D eigenvalue weighted by molar-refractivity contribution is 7.92. The molecule has 8 heteroatoms. The van der Waals surface area contributed by atoms with E-state index in [1.165, 1.54) is 13.0 Å². The molecule has 0 radical (unpaired) electrons. The number of aliphatic carboxylic acids is 1. The van der Waals surface area contributed by atoms with Crippen molar-refractivity contribution in [3.05, 3.63) is 23.8 Å². The predicted octanol–water partition coefficient (Wildman–Crippen LogP) is 1.17. The Bertz CT molecular complexity index is 625. The van der Waals surface area contributed by atoms with E-state index in [0.717, 1.165) is 0 Å². The largest absolute Gasteiger partial charge is 0.481 e. The molecule has 0 spiro atoms. The predicted molar refractivity (Wildman–Crippen MR) is 75.1 cm³/mol. The number of rotatable bonds is 6. The Hall–Kier alpha value is -2.09. The van der Waals surface area contributed by atoms with Crippen molar-refractivity contribution < 1.29 is 23.1 Å². The summed E-state index contributed by atoms with van der Waals surface area (Å²) in [4.78, 5) is 21.4. The van der Waals surface area contributed by atoms with Crippen molar-refractivity contribution in [1.82, 2.24) is 0 Å². The molecule has 1 aromatic carbocycles. The van der Waals surface area contributed by atoms with Crippen LogP contribution in [0.5, 0.6) is 0 Å². The number of carbonyl (C=O) groups excluding carboxylic acids is 1. The summed E-state index contributed by atoms with van der Waals surface area (Å²) in [6, 6.07) is 4.78. The van der Waals surface area contributed by atoms with E-state index in [1.807, 2.05) is 0 Å². The van der Waals surface area contributed by atoms with Gasteiger partial charge < -0.3 is 10.4 Å². The zero-order valence-corrected chi connectivity index (χ0v) is 12.0. The summed E-state index contributed by atoms with van der Waals surface area (Å²) < 4.78 is 25.8. The van der Waals surface area contributed by atoms with E-state index in [1.54, 1.807) is 19.1 Å². The molecule has 0 aliphatic rings. The number of benzene rings is 1. The third-order valence-electron chi connectivity index (χ3n) is 2.41. The van der Waals surface area contributed by atoms with Crippen LogP contribution in [0.1, 0.15) is 18.9 Å².